The van der Waals surface area contributed by atoms with Crippen molar-refractivity contribution in [2.75, 3.05) is 27.9 Å². The van der Waals surface area contributed by atoms with Gasteiger partial charge in [0.05, 0.1) is 61.5 Å². The minimum atomic E-state index is -1.71. The molecule has 23 nitrogen and oxygen atoms in total. The fraction of sp³-hybridized carbons (Fsp3) is 0.810. The van der Waals surface area contributed by atoms with Gasteiger partial charge in [-0.2, -0.15) is 0 Å². The van der Waals surface area contributed by atoms with Gasteiger partial charge in [-0.25, -0.2) is 4.79 Å². The first-order valence-corrected chi connectivity index (χ1v) is 30.9. The maximum Gasteiger partial charge on any atom is 0.331 e. The van der Waals surface area contributed by atoms with Crippen molar-refractivity contribution in [3.05, 3.63) is 53.6 Å². The molecule has 0 amide bonds. The summed E-state index contributed by atoms with van der Waals surface area (Å²) in [6.45, 7) is 12.1. The summed E-state index contributed by atoms with van der Waals surface area (Å²) in [5.74, 6) is -1.77. The quantitative estimate of drug-likeness (QED) is 0.0630. The second-order valence-corrected chi connectivity index (χ2v) is 26.1. The Kier molecular flexibility index (Phi) is 20.5. The van der Waals surface area contributed by atoms with Gasteiger partial charge >= 0.3 is 5.97 Å². The van der Waals surface area contributed by atoms with Crippen LogP contribution in [0.1, 0.15) is 125 Å². The highest BCUT2D eigenvalue weighted by Crippen LogP contribution is 2.70. The van der Waals surface area contributed by atoms with Crippen molar-refractivity contribution in [3.8, 4) is 0 Å². The molecule has 484 valence electrons. The minimum absolute atomic E-state index is 0.0871. The average Bonchev–Trinajstić information content (AvgIpc) is 1.38. The first-order chi connectivity index (χ1) is 40.9. The zero-order chi connectivity index (χ0) is 61.8. The van der Waals surface area contributed by atoms with E-state index in [2.05, 4.69) is 13.0 Å². The number of methoxy groups -OCH3 is 3. The number of ether oxygens (including phenoxy) is 14. The van der Waals surface area contributed by atoms with Crippen molar-refractivity contribution in [1.82, 2.24) is 0 Å². The highest BCUT2D eigenvalue weighted by Gasteiger charge is 2.77. The molecule has 10 rings (SSSR count). The van der Waals surface area contributed by atoms with Crippen LogP contribution in [0.4, 0.5) is 0 Å². The van der Waals surface area contributed by atoms with Gasteiger partial charge in [0, 0.05) is 70.3 Å². The van der Waals surface area contributed by atoms with E-state index in [1.807, 2.05) is 51.1 Å². The van der Waals surface area contributed by atoms with Crippen LogP contribution in [0.15, 0.2) is 48.1 Å². The predicted molar refractivity (Wildman–Crippen MR) is 302 cm³/mol. The number of hydrogen-bond acceptors (Lipinski definition) is 23. The van der Waals surface area contributed by atoms with E-state index in [-0.39, 0.29) is 50.4 Å². The number of aliphatic hydroxyl groups excluding tert-OH is 5. The summed E-state index contributed by atoms with van der Waals surface area (Å²) in [7, 11) is 4.68. The molecule has 29 atom stereocenters. The van der Waals surface area contributed by atoms with Crippen molar-refractivity contribution in [3.63, 3.8) is 0 Å². The molecule has 4 aliphatic carbocycles. The van der Waals surface area contributed by atoms with Crippen molar-refractivity contribution < 1.29 is 112 Å². The molecule has 86 heavy (non-hydrogen) atoms. The minimum Gasteiger partial charge on any atom is -0.458 e. The summed E-state index contributed by atoms with van der Waals surface area (Å²) in [6.07, 6.45) is -10.2. The number of carbonyl (C=O) groups excluding carboxylic acids is 2. The van der Waals surface area contributed by atoms with Crippen LogP contribution in [0.5, 0.6) is 0 Å². The van der Waals surface area contributed by atoms with E-state index in [0.29, 0.717) is 32.1 Å². The molecule has 0 unspecified atom stereocenters. The number of benzene rings is 1. The fourth-order valence-corrected chi connectivity index (χ4v) is 16.4. The second-order valence-electron chi connectivity index (χ2n) is 26.1. The molecular formula is C63H94O23. The molecule has 8 fully saturated rings. The average molecular weight is 1220 g/mol. The Morgan fingerprint density at radius 3 is 1.73 bits per heavy atom. The molecule has 23 heteroatoms. The zero-order valence-corrected chi connectivity index (χ0v) is 51.2. The van der Waals surface area contributed by atoms with Gasteiger partial charge < -0.3 is 102 Å². The van der Waals surface area contributed by atoms with Crippen molar-refractivity contribution >= 4 is 17.8 Å². The van der Waals surface area contributed by atoms with Crippen molar-refractivity contribution in [2.24, 2.45) is 22.7 Å². The maximum atomic E-state index is 13.6. The summed E-state index contributed by atoms with van der Waals surface area (Å²) < 4.78 is 87.5. The van der Waals surface area contributed by atoms with Crippen LogP contribution in [0, 0.1) is 22.7 Å². The number of esters is 1. The van der Waals surface area contributed by atoms with E-state index in [4.69, 9.17) is 66.3 Å². The van der Waals surface area contributed by atoms with Gasteiger partial charge in [0.25, 0.3) is 0 Å². The van der Waals surface area contributed by atoms with Crippen LogP contribution < -0.4 is 0 Å². The summed E-state index contributed by atoms with van der Waals surface area (Å²) in [5, 5.41) is 78.5. The molecule has 1 aromatic carbocycles. The highest BCUT2D eigenvalue weighted by molar-refractivity contribution is 5.87. The molecule has 0 aromatic heterocycles. The predicted octanol–water partition coefficient (Wildman–Crippen LogP) is 3.29. The Hall–Kier alpha value is -2.96. The number of Topliss-reactive ketones (excluding diaryl/α,β-unsaturated/α-hetero) is 1. The number of hydrogen-bond donors (Lipinski definition) is 7. The molecule has 7 N–H and O–H groups in total. The van der Waals surface area contributed by atoms with Crippen LogP contribution in [0.2, 0.25) is 0 Å². The molecular weight excluding hydrogens is 1120 g/mol. The van der Waals surface area contributed by atoms with Crippen LogP contribution in [0.25, 0.3) is 6.08 Å². The zero-order valence-electron chi connectivity index (χ0n) is 51.2. The fourth-order valence-electron chi connectivity index (χ4n) is 16.4. The van der Waals surface area contributed by atoms with Gasteiger partial charge in [0.2, 0.25) is 0 Å². The third-order valence-electron chi connectivity index (χ3n) is 21.2. The normalized spacial score (nSPS) is 48.8. The molecule has 5 saturated heterocycles. The standard InChI is InChI=1S/C63H94O23/c1-31(65)39-20-23-63(72)61(39,7)46(82-47(67)17-16-36-14-12-11-13-15-36)29-45-60(6)21-19-38(24-37(60)18-22-62(45,63)71)80-49-26-41(73-8)56(33(3)77-49)84-48-25-40(66)55(32(2)76-48)83-50-27-42(74-9)57(34(4)78-50)85-51-28-43(75-10)58(35(5)79-51)86-59-54(70)53(69)52(68)44(30-64)81-59/h11-18,32-35,38-46,48-59,64,66,68-72H,19-30H2,1-10H3/b17-16+/t32-,33-,34-,35-,38+,39+,40+,41+,42+,43+,44-,45-,46-,48+,49+,50+,51+,52-,53+,54-,55-,56-,57-,58-,59+,60+,61+,62+,63-/m1/s1. The van der Waals surface area contributed by atoms with E-state index in [9.17, 15) is 45.3 Å². The number of aliphatic hydroxyl groups is 7. The largest absolute Gasteiger partial charge is 0.458 e. The molecule has 5 heterocycles. The van der Waals surface area contributed by atoms with Crippen LogP contribution in [0.3, 0.4) is 0 Å². The molecule has 9 aliphatic rings. The monoisotopic (exact) mass is 1220 g/mol. The number of ketones is 1. The molecule has 1 aromatic rings. The molecule has 0 bridgehead atoms. The lowest BCUT2D eigenvalue weighted by Gasteiger charge is -2.66. The lowest BCUT2D eigenvalue weighted by atomic mass is 9.43. The van der Waals surface area contributed by atoms with Gasteiger partial charge in [0.1, 0.15) is 71.9 Å². The topological polar surface area (TPSA) is 305 Å². The van der Waals surface area contributed by atoms with Gasteiger partial charge in [-0.1, -0.05) is 55.8 Å². The summed E-state index contributed by atoms with van der Waals surface area (Å²) >= 11 is 0. The lowest BCUT2D eigenvalue weighted by Crippen LogP contribution is -2.75. The van der Waals surface area contributed by atoms with Crippen molar-refractivity contribution in [2.45, 2.75) is 272 Å². The number of carbonyl (C=O) groups is 2. The third-order valence-corrected chi connectivity index (χ3v) is 21.2. The van der Waals surface area contributed by atoms with Crippen molar-refractivity contribution in [1.29, 1.82) is 0 Å². The van der Waals surface area contributed by atoms with Gasteiger partial charge in [0.15, 0.2) is 31.5 Å². The lowest BCUT2D eigenvalue weighted by molar-refractivity contribution is -0.358. The Balaban J connectivity index is 0.710. The Morgan fingerprint density at radius 2 is 1.19 bits per heavy atom. The van der Waals surface area contributed by atoms with Crippen LogP contribution in [-0.2, 0) is 75.9 Å². The van der Waals surface area contributed by atoms with E-state index in [0.717, 1.165) is 11.1 Å². The smallest absolute Gasteiger partial charge is 0.331 e. The van der Waals surface area contributed by atoms with Gasteiger partial charge in [-0.05, 0) is 96.6 Å². The first-order valence-electron chi connectivity index (χ1n) is 30.9. The molecule has 3 saturated carbocycles. The SMILES string of the molecule is CO[C@H]1C[C@H](O[C@H]2CC[C@@]3(C)C(=CC[C@]4(O)[C@@H]3C[C@@H](OC(=O)/C=C/c3ccccc3)[C@]3(C)[C@H](C(C)=O)CC[C@@]34O)C2)O[C@H](C)[C@H]1O[C@H]1C[C@H](O)[C@H](O[C@H]2C[C@H](OC)[C@H](O[C@H]3C[C@H](OC)[C@H](O[C@@H]4O[C@H](CO)[C@@H](O)[C@H](O)[C@H]4O)[C@@H](C)O3)[C@@H](C)O2)[C@@H](C)O1. The summed E-state index contributed by atoms with van der Waals surface area (Å²) in [6, 6.07) is 9.42. The molecule has 0 radical (unpaired) electrons. The maximum absolute atomic E-state index is 13.6. The van der Waals surface area contributed by atoms with E-state index < -0.39 is 182 Å². The summed E-state index contributed by atoms with van der Waals surface area (Å²) in [5.41, 5.74) is -3.15. The Bertz CT molecular complexity index is 2510. The second kappa shape index (κ2) is 26.7. The van der Waals surface area contributed by atoms with E-state index in [1.165, 1.54) is 20.1 Å². The molecule has 5 aliphatic heterocycles. The van der Waals surface area contributed by atoms with E-state index in [1.54, 1.807) is 34.1 Å². The number of fused-ring (bicyclic) bond motifs is 5. The third kappa shape index (κ3) is 12.5. The van der Waals surface area contributed by atoms with Crippen LogP contribution >= 0.6 is 0 Å². The van der Waals surface area contributed by atoms with Crippen LogP contribution in [-0.4, -0.2) is 228 Å². The van der Waals surface area contributed by atoms with E-state index >= 15 is 0 Å². The Morgan fingerprint density at radius 1 is 0.651 bits per heavy atom. The van der Waals surface area contributed by atoms with Gasteiger partial charge in [-0.15, -0.1) is 0 Å². The number of rotatable bonds is 18. The Labute approximate surface area is 503 Å². The first kappa shape index (κ1) is 66.0. The summed E-state index contributed by atoms with van der Waals surface area (Å²) in [4.78, 5) is 26.9. The highest BCUT2D eigenvalue weighted by atomic mass is 16.8. The molecule has 0 spiro atoms. The van der Waals surface area contributed by atoms with Gasteiger partial charge in [-0.3, -0.25) is 4.79 Å².